The van der Waals surface area contributed by atoms with Crippen LogP contribution in [0.25, 0.3) is 0 Å². The van der Waals surface area contributed by atoms with Crippen molar-refractivity contribution < 1.29 is 21.8 Å². The molecule has 0 radical (unpaired) electrons. The minimum Gasteiger partial charge on any atom is -0.665 e. The van der Waals surface area contributed by atoms with Crippen LogP contribution in [0.1, 0.15) is 16.7 Å². The summed E-state index contributed by atoms with van der Waals surface area (Å²) >= 11 is 0. The van der Waals surface area contributed by atoms with Crippen molar-refractivity contribution in [3.63, 3.8) is 0 Å². The molecule has 0 aliphatic carbocycles. The maximum Gasteiger partial charge on any atom is 1.00 e. The molecule has 0 heterocycles. The predicted octanol–water partition coefficient (Wildman–Crippen LogP) is 2.78. The first-order valence-corrected chi connectivity index (χ1v) is 3.65. The topological polar surface area (TPSA) is 9.23 Å². The van der Waals surface area contributed by atoms with Crippen molar-refractivity contribution in [2.45, 2.75) is 20.8 Å². The van der Waals surface area contributed by atoms with Crippen LogP contribution in [-0.4, -0.2) is 0 Å². The van der Waals surface area contributed by atoms with Crippen LogP contribution in [0.3, 0.4) is 0 Å². The van der Waals surface area contributed by atoms with Gasteiger partial charge >= 0.3 is 17.1 Å². The Morgan fingerprint density at radius 1 is 1.17 bits per heavy atom. The Kier molecular flexibility index (Phi) is 4.36. The second-order valence-corrected chi connectivity index (χ2v) is 2.85. The van der Waals surface area contributed by atoms with E-state index in [0.29, 0.717) is 0 Å². The molecule has 70 valence electrons. The van der Waals surface area contributed by atoms with Gasteiger partial charge < -0.3 is 4.74 Å². The van der Waals surface area contributed by atoms with E-state index in [1.54, 1.807) is 0 Å². The molecule has 0 saturated carbocycles. The number of rotatable bonds is 1. The zero-order chi connectivity index (χ0) is 8.43. The zero-order valence-corrected chi connectivity index (χ0v) is 8.51. The van der Waals surface area contributed by atoms with Crippen LogP contribution in [0.15, 0.2) is 12.1 Å². The van der Waals surface area contributed by atoms with Gasteiger partial charge in [0.2, 0.25) is 0 Å². The second-order valence-electron chi connectivity index (χ2n) is 2.85. The first kappa shape index (κ1) is 11.5. The molecule has 1 rings (SSSR count). The van der Waals surface area contributed by atoms with E-state index in [1.165, 1.54) is 16.7 Å². The summed E-state index contributed by atoms with van der Waals surface area (Å²) in [5, 5.41) is 0. The van der Waals surface area contributed by atoms with Gasteiger partial charge in [0, 0.05) is 0 Å². The fraction of sp³-hybridized carbons (Fsp3) is 0.300. The van der Waals surface area contributed by atoms with Crippen LogP contribution < -0.4 is 4.74 Å². The Bertz CT molecular complexity index is 269. The van der Waals surface area contributed by atoms with Gasteiger partial charge in [-0.2, -0.15) is 7.11 Å². The largest absolute Gasteiger partial charge is 1.00 e. The molecule has 12 heavy (non-hydrogen) atoms. The smallest absolute Gasteiger partial charge is 0.665 e. The van der Waals surface area contributed by atoms with Crippen LogP contribution in [0.4, 0.5) is 0 Å². The summed E-state index contributed by atoms with van der Waals surface area (Å²) in [6.45, 7) is 6.16. The number of benzene rings is 1. The molecule has 2 heteroatoms. The number of hydrogen-bond donors (Lipinski definition) is 0. The summed E-state index contributed by atoms with van der Waals surface area (Å²) in [5.74, 6) is 0.877. The van der Waals surface area contributed by atoms with Crippen LogP contribution in [0.5, 0.6) is 5.75 Å². The predicted molar refractivity (Wildman–Crippen MR) is 46.6 cm³/mol. The van der Waals surface area contributed by atoms with Gasteiger partial charge in [-0.05, 0) is 43.5 Å². The molecule has 0 aliphatic rings. The molecule has 1 nitrogen and oxygen atoms in total. The summed E-state index contributed by atoms with van der Waals surface area (Å²) in [5.41, 5.74) is 3.64. The third kappa shape index (κ3) is 2.26. The fourth-order valence-corrected chi connectivity index (χ4v) is 1.15. The Balaban J connectivity index is 0.00000121. The third-order valence-electron chi connectivity index (χ3n) is 1.92. The molecule has 0 aliphatic heterocycles. The third-order valence-corrected chi connectivity index (χ3v) is 1.92. The normalized spacial score (nSPS) is 9.00. The maximum atomic E-state index is 4.96. The molecular weight excluding hydrogens is 200 g/mol. The van der Waals surface area contributed by atoms with Gasteiger partial charge in [0.1, 0.15) is 0 Å². The Hall–Kier alpha value is -0.461. The Labute approximate surface area is 84.6 Å². The average molecular weight is 213 g/mol. The fourth-order valence-electron chi connectivity index (χ4n) is 1.15. The van der Waals surface area contributed by atoms with E-state index in [9.17, 15) is 0 Å². The molecule has 0 spiro atoms. The summed E-state index contributed by atoms with van der Waals surface area (Å²) < 4.78 is 4.96. The van der Waals surface area contributed by atoms with Crippen molar-refractivity contribution in [2.75, 3.05) is 0 Å². The van der Waals surface area contributed by atoms with E-state index >= 15 is 0 Å². The van der Waals surface area contributed by atoms with Gasteiger partial charge in [-0.1, -0.05) is 6.07 Å². The van der Waals surface area contributed by atoms with Crippen LogP contribution in [0, 0.1) is 27.9 Å². The molecule has 0 bridgehead atoms. The summed E-state index contributed by atoms with van der Waals surface area (Å²) in [6, 6.07) is 4.13. The maximum absolute atomic E-state index is 4.96. The molecule has 0 fully saturated rings. The summed E-state index contributed by atoms with van der Waals surface area (Å²) in [6.07, 6.45) is 0. The van der Waals surface area contributed by atoms with Gasteiger partial charge in [0.15, 0.2) is 0 Å². The molecule has 1 aromatic carbocycles. The first-order chi connectivity index (χ1) is 5.15. The number of ether oxygens (including phenoxy) is 1. The SMILES string of the molecule is [CH2-]Oc1cc(C)cc(C)c1C.[Cu+]. The zero-order valence-electron chi connectivity index (χ0n) is 7.57. The quantitative estimate of drug-likeness (QED) is 0.514. The molecule has 0 aromatic heterocycles. The van der Waals surface area contributed by atoms with Gasteiger partial charge in [0.25, 0.3) is 0 Å². The second kappa shape index (κ2) is 4.54. The van der Waals surface area contributed by atoms with E-state index in [-0.39, 0.29) is 17.1 Å². The Morgan fingerprint density at radius 3 is 2.25 bits per heavy atom. The van der Waals surface area contributed by atoms with E-state index in [4.69, 9.17) is 4.74 Å². The molecule has 0 amide bonds. The van der Waals surface area contributed by atoms with E-state index in [1.807, 2.05) is 13.0 Å². The van der Waals surface area contributed by atoms with Crippen LogP contribution >= 0.6 is 0 Å². The van der Waals surface area contributed by atoms with Gasteiger partial charge in [0.05, 0.1) is 5.75 Å². The molecule has 0 saturated heterocycles. The molecular formula is C10H13CuO. The number of aryl methyl sites for hydroxylation is 2. The van der Waals surface area contributed by atoms with Gasteiger partial charge in [-0.3, -0.25) is 0 Å². The summed E-state index contributed by atoms with van der Waals surface area (Å²) in [7, 11) is 3.40. The van der Waals surface area contributed by atoms with Gasteiger partial charge in [-0.25, -0.2) is 0 Å². The summed E-state index contributed by atoms with van der Waals surface area (Å²) in [4.78, 5) is 0. The van der Waals surface area contributed by atoms with E-state index < -0.39 is 0 Å². The van der Waals surface area contributed by atoms with Crippen molar-refractivity contribution in [3.8, 4) is 5.75 Å². The van der Waals surface area contributed by atoms with Crippen molar-refractivity contribution in [3.05, 3.63) is 35.9 Å². The van der Waals surface area contributed by atoms with Crippen LogP contribution in [-0.2, 0) is 17.1 Å². The monoisotopic (exact) mass is 212 g/mol. The minimum atomic E-state index is 0. The minimum absolute atomic E-state index is 0. The molecule has 0 atom stereocenters. The average Bonchev–Trinajstić information content (AvgIpc) is 1.96. The standard InChI is InChI=1S/C10H13O.Cu/c1-7-5-8(2)9(3)10(6-7)11-4;/h5-6H,4H2,1-3H3;/q-1;+1. The van der Waals surface area contributed by atoms with Crippen molar-refractivity contribution >= 4 is 0 Å². The van der Waals surface area contributed by atoms with E-state index in [2.05, 4.69) is 27.0 Å². The van der Waals surface area contributed by atoms with Crippen molar-refractivity contribution in [1.82, 2.24) is 0 Å². The molecule has 0 N–H and O–H groups in total. The Morgan fingerprint density at radius 2 is 1.75 bits per heavy atom. The van der Waals surface area contributed by atoms with Crippen LogP contribution in [0.2, 0.25) is 0 Å². The first-order valence-electron chi connectivity index (χ1n) is 3.65. The van der Waals surface area contributed by atoms with Crippen molar-refractivity contribution in [2.24, 2.45) is 0 Å². The molecule has 1 aromatic rings. The number of hydrogen-bond acceptors (Lipinski definition) is 1. The molecule has 0 unspecified atom stereocenters. The van der Waals surface area contributed by atoms with E-state index in [0.717, 1.165) is 5.75 Å². The van der Waals surface area contributed by atoms with Gasteiger partial charge in [-0.15, -0.1) is 0 Å². The van der Waals surface area contributed by atoms with Crippen molar-refractivity contribution in [1.29, 1.82) is 0 Å².